The van der Waals surface area contributed by atoms with Crippen molar-refractivity contribution in [3.8, 4) is 22.7 Å². The van der Waals surface area contributed by atoms with Gasteiger partial charge in [-0.2, -0.15) is 0 Å². The largest absolute Gasteiger partial charge is 0.461 e. The second kappa shape index (κ2) is 12.6. The van der Waals surface area contributed by atoms with Crippen LogP contribution in [0.25, 0.3) is 33.6 Å². The SMILES string of the molecule is CCc1ccc(-c2ccc3c(N4CCOCC4)nc(-c4ccc(NC(=O)Nc5ccc(CC(C)=O)c(F)c5)cc4)nc3c2)o1. The molecule has 3 aromatic carbocycles. The van der Waals surface area contributed by atoms with Crippen LogP contribution in [0.2, 0.25) is 0 Å². The Morgan fingerprint density at radius 2 is 1.61 bits per heavy atom. The molecule has 5 aromatic rings. The first-order valence-electron chi connectivity index (χ1n) is 14.6. The zero-order valence-electron chi connectivity index (χ0n) is 24.5. The fourth-order valence-electron chi connectivity index (χ4n) is 5.17. The summed E-state index contributed by atoms with van der Waals surface area (Å²) < 4.78 is 25.9. The highest BCUT2D eigenvalue weighted by Gasteiger charge is 2.19. The van der Waals surface area contributed by atoms with Gasteiger partial charge in [0.15, 0.2) is 5.82 Å². The van der Waals surface area contributed by atoms with Crippen molar-refractivity contribution in [3.63, 3.8) is 0 Å². The van der Waals surface area contributed by atoms with Gasteiger partial charge in [-0.1, -0.05) is 19.1 Å². The Balaban J connectivity index is 1.24. The van der Waals surface area contributed by atoms with Crippen molar-refractivity contribution in [1.82, 2.24) is 9.97 Å². The summed E-state index contributed by atoms with van der Waals surface area (Å²) in [7, 11) is 0. The van der Waals surface area contributed by atoms with Gasteiger partial charge >= 0.3 is 6.03 Å². The topological polar surface area (TPSA) is 110 Å². The van der Waals surface area contributed by atoms with Gasteiger partial charge in [0.25, 0.3) is 0 Å². The lowest BCUT2D eigenvalue weighted by Crippen LogP contribution is -2.37. The first kappa shape index (κ1) is 29.0. The molecule has 9 nitrogen and oxygen atoms in total. The van der Waals surface area contributed by atoms with Crippen molar-refractivity contribution in [2.24, 2.45) is 0 Å². The van der Waals surface area contributed by atoms with Crippen molar-refractivity contribution >= 4 is 39.9 Å². The number of benzene rings is 3. The number of morpholine rings is 1. The fraction of sp³-hybridized carbons (Fsp3) is 0.235. The third-order valence-corrected chi connectivity index (χ3v) is 7.43. The maximum absolute atomic E-state index is 14.3. The van der Waals surface area contributed by atoms with Gasteiger partial charge in [0.05, 0.1) is 18.7 Å². The van der Waals surface area contributed by atoms with Crippen LogP contribution in [0, 0.1) is 5.82 Å². The minimum absolute atomic E-state index is 0.00443. The number of ketones is 1. The maximum Gasteiger partial charge on any atom is 0.323 e. The number of fused-ring (bicyclic) bond motifs is 1. The summed E-state index contributed by atoms with van der Waals surface area (Å²) in [5.41, 5.74) is 3.63. The summed E-state index contributed by atoms with van der Waals surface area (Å²) in [4.78, 5) is 36.0. The predicted octanol–water partition coefficient (Wildman–Crippen LogP) is 6.87. The van der Waals surface area contributed by atoms with E-state index < -0.39 is 11.8 Å². The van der Waals surface area contributed by atoms with Crippen LogP contribution in [0.1, 0.15) is 25.2 Å². The molecule has 1 aliphatic rings. The maximum atomic E-state index is 14.3. The third-order valence-electron chi connectivity index (χ3n) is 7.43. The normalized spacial score (nSPS) is 13.2. The first-order chi connectivity index (χ1) is 21.4. The van der Waals surface area contributed by atoms with Gasteiger partial charge < -0.3 is 24.7 Å². The highest BCUT2D eigenvalue weighted by atomic mass is 19.1. The number of urea groups is 1. The smallest absolute Gasteiger partial charge is 0.323 e. The molecule has 10 heteroatoms. The van der Waals surface area contributed by atoms with Crippen LogP contribution in [0.4, 0.5) is 26.4 Å². The molecule has 2 amide bonds. The molecular formula is C34H32FN5O4. The zero-order valence-corrected chi connectivity index (χ0v) is 24.5. The predicted molar refractivity (Wildman–Crippen MR) is 169 cm³/mol. The lowest BCUT2D eigenvalue weighted by molar-refractivity contribution is -0.116. The monoisotopic (exact) mass is 593 g/mol. The molecule has 44 heavy (non-hydrogen) atoms. The fourth-order valence-corrected chi connectivity index (χ4v) is 5.17. The van der Waals surface area contributed by atoms with E-state index in [2.05, 4.69) is 22.5 Å². The molecule has 2 N–H and O–H groups in total. The summed E-state index contributed by atoms with van der Waals surface area (Å²) in [6.07, 6.45) is 0.825. The minimum Gasteiger partial charge on any atom is -0.461 e. The number of halogens is 1. The number of amides is 2. The Kier molecular flexibility index (Phi) is 8.33. The van der Waals surface area contributed by atoms with Crippen molar-refractivity contribution in [3.05, 3.63) is 89.9 Å². The molecule has 3 heterocycles. The lowest BCUT2D eigenvalue weighted by Gasteiger charge is -2.29. The number of ether oxygens (including phenoxy) is 1. The molecule has 0 saturated carbocycles. The van der Waals surface area contributed by atoms with Crippen LogP contribution in [-0.2, 0) is 22.4 Å². The number of Topliss-reactive ketones (excluding diaryl/α,β-unsaturated/α-hetero) is 1. The van der Waals surface area contributed by atoms with Gasteiger partial charge in [0.2, 0.25) is 0 Å². The number of anilines is 3. The molecule has 0 radical (unpaired) electrons. The summed E-state index contributed by atoms with van der Waals surface area (Å²) in [6, 6.07) is 21.0. The minimum atomic E-state index is -0.545. The van der Waals surface area contributed by atoms with E-state index in [4.69, 9.17) is 19.1 Å². The number of carbonyl (C=O) groups excluding carboxylic acids is 2. The number of hydrogen-bond donors (Lipinski definition) is 2. The van der Waals surface area contributed by atoms with Gasteiger partial charge in [0, 0.05) is 53.8 Å². The van der Waals surface area contributed by atoms with Gasteiger partial charge in [-0.15, -0.1) is 0 Å². The van der Waals surface area contributed by atoms with Gasteiger partial charge in [0.1, 0.15) is 28.9 Å². The highest BCUT2D eigenvalue weighted by Crippen LogP contribution is 2.32. The van der Waals surface area contributed by atoms with E-state index in [-0.39, 0.29) is 23.5 Å². The number of rotatable bonds is 8. The van der Waals surface area contributed by atoms with Crippen molar-refractivity contribution < 1.29 is 23.1 Å². The van der Waals surface area contributed by atoms with Crippen LogP contribution < -0.4 is 15.5 Å². The number of aromatic nitrogens is 2. The Labute approximate surface area is 254 Å². The number of nitrogens with zero attached hydrogens (tertiary/aromatic N) is 3. The summed E-state index contributed by atoms with van der Waals surface area (Å²) in [5.74, 6) is 2.44. The molecule has 1 aliphatic heterocycles. The summed E-state index contributed by atoms with van der Waals surface area (Å²) >= 11 is 0. The van der Waals surface area contributed by atoms with Crippen LogP contribution in [0.15, 0.2) is 77.2 Å². The van der Waals surface area contributed by atoms with Gasteiger partial charge in [-0.05, 0) is 73.2 Å². The molecule has 2 aromatic heterocycles. The van der Waals surface area contributed by atoms with E-state index in [1.165, 1.54) is 19.1 Å². The Morgan fingerprint density at radius 1 is 0.886 bits per heavy atom. The number of furan rings is 1. The quantitative estimate of drug-likeness (QED) is 0.202. The lowest BCUT2D eigenvalue weighted by atomic mass is 10.1. The molecule has 0 unspecified atom stereocenters. The second-order valence-corrected chi connectivity index (χ2v) is 10.7. The van der Waals surface area contributed by atoms with Crippen molar-refractivity contribution in [1.29, 1.82) is 0 Å². The van der Waals surface area contributed by atoms with E-state index in [9.17, 15) is 14.0 Å². The molecular weight excluding hydrogens is 561 g/mol. The zero-order chi connectivity index (χ0) is 30.6. The van der Waals surface area contributed by atoms with E-state index in [0.29, 0.717) is 24.7 Å². The van der Waals surface area contributed by atoms with E-state index in [0.717, 1.165) is 58.9 Å². The molecule has 224 valence electrons. The van der Waals surface area contributed by atoms with Crippen LogP contribution >= 0.6 is 0 Å². The summed E-state index contributed by atoms with van der Waals surface area (Å²) in [6.45, 7) is 6.17. The molecule has 6 rings (SSSR count). The van der Waals surface area contributed by atoms with E-state index in [1.807, 2.05) is 42.5 Å². The van der Waals surface area contributed by atoms with E-state index in [1.54, 1.807) is 18.2 Å². The Hall–Kier alpha value is -5.09. The van der Waals surface area contributed by atoms with E-state index >= 15 is 0 Å². The standard InChI is InChI=1S/C34H32FN5O4/c1-3-27-11-13-31(44-27)24-7-12-28-30(19-24)38-32(39-33(28)40-14-16-43-17-15-40)22-4-8-25(9-5-22)36-34(42)37-26-10-6-23(18-21(2)41)29(35)20-26/h4-13,19-20H,3,14-18H2,1-2H3,(H2,36,37,42). The van der Waals surface area contributed by atoms with Crippen LogP contribution in [-0.4, -0.2) is 48.1 Å². The van der Waals surface area contributed by atoms with Crippen molar-refractivity contribution in [2.75, 3.05) is 41.8 Å². The molecule has 0 bridgehead atoms. The number of carbonyl (C=O) groups is 2. The summed E-state index contributed by atoms with van der Waals surface area (Å²) in [5, 5.41) is 6.33. The third kappa shape index (κ3) is 6.45. The number of aryl methyl sites for hydroxylation is 1. The molecule has 0 aliphatic carbocycles. The van der Waals surface area contributed by atoms with Crippen molar-refractivity contribution in [2.45, 2.75) is 26.7 Å². The Bertz CT molecular complexity index is 1830. The van der Waals surface area contributed by atoms with Gasteiger partial charge in [-0.25, -0.2) is 19.2 Å². The van der Waals surface area contributed by atoms with Gasteiger partial charge in [-0.3, -0.25) is 4.79 Å². The average Bonchev–Trinajstić information content (AvgIpc) is 3.52. The Morgan fingerprint density at radius 3 is 2.32 bits per heavy atom. The molecule has 1 fully saturated rings. The van der Waals surface area contributed by atoms with Crippen LogP contribution in [0.3, 0.4) is 0 Å². The van der Waals surface area contributed by atoms with Crippen LogP contribution in [0.5, 0.6) is 0 Å². The number of hydrogen-bond acceptors (Lipinski definition) is 7. The number of nitrogens with one attached hydrogen (secondary N) is 2. The first-order valence-corrected chi connectivity index (χ1v) is 14.6. The molecule has 0 atom stereocenters. The molecule has 1 saturated heterocycles. The average molecular weight is 594 g/mol. The second-order valence-electron chi connectivity index (χ2n) is 10.7. The highest BCUT2D eigenvalue weighted by molar-refractivity contribution is 6.00. The molecule has 0 spiro atoms.